The Balaban J connectivity index is 1.92. The Bertz CT molecular complexity index is 510. The fourth-order valence-corrected chi connectivity index (χ4v) is 2.30. The topological polar surface area (TPSA) is 72.7 Å². The number of amides is 1. The van der Waals surface area contributed by atoms with Crippen LogP contribution in [0.25, 0.3) is 0 Å². The summed E-state index contributed by atoms with van der Waals surface area (Å²) in [6.07, 6.45) is 3.26. The lowest BCUT2D eigenvalue weighted by molar-refractivity contribution is -0.385. The Morgan fingerprint density at radius 1 is 1.35 bits per heavy atom. The lowest BCUT2D eigenvalue weighted by Crippen LogP contribution is -2.38. The third kappa shape index (κ3) is 3.46. The van der Waals surface area contributed by atoms with E-state index >= 15 is 0 Å². The van der Waals surface area contributed by atoms with Crippen LogP contribution in [0.5, 0.6) is 5.75 Å². The number of ether oxygens (including phenoxy) is 1. The maximum atomic E-state index is 11.9. The summed E-state index contributed by atoms with van der Waals surface area (Å²) >= 11 is 0. The monoisotopic (exact) mass is 278 g/mol. The lowest BCUT2D eigenvalue weighted by Gasteiger charge is -2.26. The number of hydrogen-bond donors (Lipinski definition) is 0. The first-order chi connectivity index (χ1) is 9.58. The molecule has 1 aliphatic heterocycles. The number of nitro benzene ring substituents is 1. The zero-order valence-corrected chi connectivity index (χ0v) is 11.5. The molecule has 1 fully saturated rings. The molecule has 0 N–H and O–H groups in total. The highest BCUT2D eigenvalue weighted by molar-refractivity contribution is 5.77. The molecule has 0 radical (unpaired) electrons. The van der Waals surface area contributed by atoms with Gasteiger partial charge in [-0.15, -0.1) is 0 Å². The smallest absolute Gasteiger partial charge is 0.272 e. The molecular formula is C14H18N2O4. The van der Waals surface area contributed by atoms with Crippen molar-refractivity contribution in [3.05, 3.63) is 33.9 Å². The summed E-state index contributed by atoms with van der Waals surface area (Å²) in [4.78, 5) is 24.0. The first-order valence-electron chi connectivity index (χ1n) is 6.73. The summed E-state index contributed by atoms with van der Waals surface area (Å²) < 4.78 is 5.42. The van der Waals surface area contributed by atoms with Gasteiger partial charge in [0, 0.05) is 24.7 Å². The van der Waals surface area contributed by atoms with Crippen molar-refractivity contribution < 1.29 is 14.5 Å². The minimum absolute atomic E-state index is 0.0166. The number of nitrogens with zero attached hydrogens (tertiary/aromatic N) is 2. The molecule has 20 heavy (non-hydrogen) atoms. The Labute approximate surface area is 117 Å². The van der Waals surface area contributed by atoms with Crippen molar-refractivity contribution in [1.82, 2.24) is 4.90 Å². The van der Waals surface area contributed by atoms with E-state index in [-0.39, 0.29) is 18.2 Å². The second-order valence-electron chi connectivity index (χ2n) is 4.94. The first-order valence-corrected chi connectivity index (χ1v) is 6.73. The Hall–Kier alpha value is -2.11. The fourth-order valence-electron chi connectivity index (χ4n) is 2.30. The molecule has 0 bridgehead atoms. The third-order valence-corrected chi connectivity index (χ3v) is 3.44. The van der Waals surface area contributed by atoms with E-state index in [1.54, 1.807) is 13.0 Å². The summed E-state index contributed by atoms with van der Waals surface area (Å²) in [5, 5.41) is 10.7. The normalized spacial score (nSPS) is 14.9. The van der Waals surface area contributed by atoms with Crippen LogP contribution in [0.1, 0.15) is 24.8 Å². The molecular weight excluding hydrogens is 260 g/mol. The van der Waals surface area contributed by atoms with Gasteiger partial charge in [0.2, 0.25) is 0 Å². The van der Waals surface area contributed by atoms with Crippen LogP contribution >= 0.6 is 0 Å². The van der Waals surface area contributed by atoms with Crippen LogP contribution in [-0.2, 0) is 4.79 Å². The molecule has 0 saturated carbocycles. The second kappa shape index (κ2) is 6.36. The summed E-state index contributed by atoms with van der Waals surface area (Å²) in [7, 11) is 0. The lowest BCUT2D eigenvalue weighted by atomic mass is 10.1. The third-order valence-electron chi connectivity index (χ3n) is 3.44. The number of carbonyl (C=O) groups is 1. The molecule has 108 valence electrons. The van der Waals surface area contributed by atoms with E-state index in [4.69, 9.17) is 4.74 Å². The Kier molecular flexibility index (Phi) is 4.55. The van der Waals surface area contributed by atoms with Gasteiger partial charge < -0.3 is 9.64 Å². The van der Waals surface area contributed by atoms with E-state index in [1.807, 2.05) is 4.90 Å². The van der Waals surface area contributed by atoms with E-state index in [0.29, 0.717) is 11.3 Å². The first kappa shape index (κ1) is 14.3. The van der Waals surface area contributed by atoms with Crippen molar-refractivity contribution in [3.8, 4) is 5.75 Å². The quantitative estimate of drug-likeness (QED) is 0.625. The van der Waals surface area contributed by atoms with E-state index in [2.05, 4.69) is 0 Å². The van der Waals surface area contributed by atoms with Gasteiger partial charge in [-0.1, -0.05) is 0 Å². The number of hydrogen-bond acceptors (Lipinski definition) is 4. The predicted octanol–water partition coefficient (Wildman–Crippen LogP) is 2.29. The number of likely N-dealkylation sites (tertiary alicyclic amines) is 1. The number of benzene rings is 1. The average Bonchev–Trinajstić information content (AvgIpc) is 2.45. The largest absolute Gasteiger partial charge is 0.484 e. The van der Waals surface area contributed by atoms with Crippen LogP contribution in [0.3, 0.4) is 0 Å². The minimum Gasteiger partial charge on any atom is -0.484 e. The van der Waals surface area contributed by atoms with Crippen molar-refractivity contribution in [2.75, 3.05) is 19.7 Å². The molecule has 1 aliphatic rings. The van der Waals surface area contributed by atoms with E-state index < -0.39 is 4.92 Å². The fraction of sp³-hybridized carbons (Fsp3) is 0.500. The number of aryl methyl sites for hydroxylation is 1. The highest BCUT2D eigenvalue weighted by Crippen LogP contribution is 2.23. The molecule has 0 spiro atoms. The maximum Gasteiger partial charge on any atom is 0.272 e. The molecule has 1 aromatic rings. The molecule has 0 atom stereocenters. The number of nitro groups is 1. The summed E-state index contributed by atoms with van der Waals surface area (Å²) in [6.45, 7) is 3.22. The summed E-state index contributed by atoms with van der Waals surface area (Å²) in [5.41, 5.74) is 0.581. The van der Waals surface area contributed by atoms with Crippen molar-refractivity contribution in [2.24, 2.45) is 0 Å². The molecule has 1 saturated heterocycles. The van der Waals surface area contributed by atoms with E-state index in [9.17, 15) is 14.9 Å². The van der Waals surface area contributed by atoms with Crippen LogP contribution in [0.15, 0.2) is 18.2 Å². The number of rotatable bonds is 4. The van der Waals surface area contributed by atoms with Gasteiger partial charge in [0.05, 0.1) is 4.92 Å². The Morgan fingerprint density at radius 2 is 2.05 bits per heavy atom. The van der Waals surface area contributed by atoms with Gasteiger partial charge in [-0.2, -0.15) is 0 Å². The van der Waals surface area contributed by atoms with Gasteiger partial charge in [0.1, 0.15) is 5.75 Å². The van der Waals surface area contributed by atoms with E-state index in [0.717, 1.165) is 25.9 Å². The molecule has 1 aromatic carbocycles. The summed E-state index contributed by atoms with van der Waals surface area (Å²) in [6, 6.07) is 4.51. The van der Waals surface area contributed by atoms with Crippen LogP contribution < -0.4 is 4.74 Å². The molecule has 1 amide bonds. The van der Waals surface area contributed by atoms with Crippen molar-refractivity contribution in [3.63, 3.8) is 0 Å². The van der Waals surface area contributed by atoms with Crippen LogP contribution in [0, 0.1) is 17.0 Å². The van der Waals surface area contributed by atoms with Crippen molar-refractivity contribution >= 4 is 11.6 Å². The SMILES string of the molecule is Cc1cc(OCC(=O)N2CCCCC2)ccc1[N+](=O)[O-]. The molecule has 6 nitrogen and oxygen atoms in total. The van der Waals surface area contributed by atoms with Gasteiger partial charge >= 0.3 is 0 Å². The number of carbonyl (C=O) groups excluding carboxylic acids is 1. The van der Waals surface area contributed by atoms with Crippen LogP contribution in [0.4, 0.5) is 5.69 Å². The molecule has 6 heteroatoms. The Morgan fingerprint density at radius 3 is 2.65 bits per heavy atom. The van der Waals surface area contributed by atoms with Crippen LogP contribution in [0.2, 0.25) is 0 Å². The van der Waals surface area contributed by atoms with Crippen molar-refractivity contribution in [2.45, 2.75) is 26.2 Å². The van der Waals surface area contributed by atoms with Gasteiger partial charge in [0.25, 0.3) is 11.6 Å². The zero-order chi connectivity index (χ0) is 14.5. The van der Waals surface area contributed by atoms with E-state index in [1.165, 1.54) is 18.6 Å². The van der Waals surface area contributed by atoms with Gasteiger partial charge in [-0.25, -0.2) is 0 Å². The zero-order valence-electron chi connectivity index (χ0n) is 11.5. The molecule has 2 rings (SSSR count). The molecule has 1 heterocycles. The van der Waals surface area contributed by atoms with Crippen LogP contribution in [-0.4, -0.2) is 35.4 Å². The minimum atomic E-state index is -0.433. The maximum absolute atomic E-state index is 11.9. The second-order valence-corrected chi connectivity index (χ2v) is 4.94. The molecule has 0 unspecified atom stereocenters. The number of piperidine rings is 1. The summed E-state index contributed by atoms with van der Waals surface area (Å²) in [5.74, 6) is 0.458. The van der Waals surface area contributed by atoms with Crippen molar-refractivity contribution in [1.29, 1.82) is 0 Å². The average molecular weight is 278 g/mol. The standard InChI is InChI=1S/C14H18N2O4/c1-11-9-12(5-6-13(11)16(18)19)20-10-14(17)15-7-3-2-4-8-15/h5-6,9H,2-4,7-8,10H2,1H3. The van der Waals surface area contributed by atoms with Gasteiger partial charge in [0.15, 0.2) is 6.61 Å². The van der Waals surface area contributed by atoms with Gasteiger partial charge in [-0.05, 0) is 38.3 Å². The van der Waals surface area contributed by atoms with Gasteiger partial charge in [-0.3, -0.25) is 14.9 Å². The molecule has 0 aromatic heterocycles. The highest BCUT2D eigenvalue weighted by Gasteiger charge is 2.17. The predicted molar refractivity (Wildman–Crippen MR) is 73.8 cm³/mol. The highest BCUT2D eigenvalue weighted by atomic mass is 16.6. The molecule has 0 aliphatic carbocycles.